The Morgan fingerprint density at radius 1 is 1.53 bits per heavy atom. The fraction of sp³-hybridized carbons (Fsp3) is 0.417. The van der Waals surface area contributed by atoms with Crippen molar-refractivity contribution in [1.82, 2.24) is 4.90 Å². The molecule has 0 radical (unpaired) electrons. The molecule has 1 aromatic carbocycles. The third-order valence-corrected chi connectivity index (χ3v) is 2.81. The number of hydrogen-bond donors (Lipinski definition) is 1. The van der Waals surface area contributed by atoms with Crippen molar-refractivity contribution in [3.8, 4) is 5.75 Å². The van der Waals surface area contributed by atoms with E-state index in [2.05, 4.69) is 5.32 Å². The zero-order valence-corrected chi connectivity index (χ0v) is 10.8. The highest BCUT2D eigenvalue weighted by Gasteiger charge is 2.17. The Morgan fingerprint density at radius 2 is 2.29 bits per heavy atom. The zero-order valence-electron chi connectivity index (χ0n) is 10.0. The number of benzene rings is 1. The number of nitrogens with one attached hydrogen (secondary N) is 1. The maximum atomic E-state index is 11.6. The number of halogens is 1. The van der Waals surface area contributed by atoms with Gasteiger partial charge in [-0.2, -0.15) is 0 Å². The van der Waals surface area contributed by atoms with Crippen molar-refractivity contribution < 1.29 is 9.53 Å². The highest BCUT2D eigenvalue weighted by atomic mass is 35.5. The summed E-state index contributed by atoms with van der Waals surface area (Å²) in [4.78, 5) is 13.2. The summed E-state index contributed by atoms with van der Waals surface area (Å²) in [6, 6.07) is 5.74. The van der Waals surface area contributed by atoms with Gasteiger partial charge in [0.15, 0.2) is 0 Å². The summed E-state index contributed by atoms with van der Waals surface area (Å²) >= 11 is 0. The van der Waals surface area contributed by atoms with Gasteiger partial charge in [0, 0.05) is 31.4 Å². The van der Waals surface area contributed by atoms with Gasteiger partial charge in [0.05, 0.1) is 0 Å². The van der Waals surface area contributed by atoms with Crippen molar-refractivity contribution in [2.75, 3.05) is 25.5 Å². The molecule has 0 aliphatic carbocycles. The van der Waals surface area contributed by atoms with Gasteiger partial charge in [-0.1, -0.05) is 6.07 Å². The van der Waals surface area contributed by atoms with Crippen LogP contribution in [0.5, 0.6) is 5.75 Å². The first-order valence-electron chi connectivity index (χ1n) is 5.51. The molecule has 0 fully saturated rings. The molecular formula is C12H17ClN2O2. The Morgan fingerprint density at radius 3 is 3.00 bits per heavy atom. The Labute approximate surface area is 107 Å². The average molecular weight is 257 g/mol. The van der Waals surface area contributed by atoms with Gasteiger partial charge >= 0.3 is 6.09 Å². The molecule has 0 unspecified atom stereocenters. The van der Waals surface area contributed by atoms with Crippen LogP contribution in [0.2, 0.25) is 0 Å². The molecular weight excluding hydrogens is 240 g/mol. The van der Waals surface area contributed by atoms with Crippen molar-refractivity contribution >= 4 is 24.2 Å². The van der Waals surface area contributed by atoms with Crippen LogP contribution in [0.3, 0.4) is 0 Å². The largest absolute Gasteiger partial charge is 0.414 e. The maximum Gasteiger partial charge on any atom is 0.414 e. The lowest BCUT2D eigenvalue weighted by molar-refractivity contribution is 0.165. The molecule has 4 nitrogen and oxygen atoms in total. The van der Waals surface area contributed by atoms with Gasteiger partial charge < -0.3 is 15.0 Å². The lowest BCUT2D eigenvalue weighted by Gasteiger charge is -2.15. The highest BCUT2D eigenvalue weighted by Crippen LogP contribution is 2.31. The van der Waals surface area contributed by atoms with Gasteiger partial charge in [0.25, 0.3) is 0 Å². The predicted molar refractivity (Wildman–Crippen MR) is 70.2 cm³/mol. The molecule has 1 aromatic rings. The summed E-state index contributed by atoms with van der Waals surface area (Å²) in [7, 11) is 1.73. The van der Waals surface area contributed by atoms with E-state index >= 15 is 0 Å². The monoisotopic (exact) mass is 256 g/mol. The van der Waals surface area contributed by atoms with E-state index in [1.807, 2.05) is 25.1 Å². The molecule has 94 valence electrons. The first-order valence-corrected chi connectivity index (χ1v) is 5.51. The van der Waals surface area contributed by atoms with Crippen molar-refractivity contribution in [2.24, 2.45) is 0 Å². The second-order valence-corrected chi connectivity index (χ2v) is 3.84. The predicted octanol–water partition coefficient (Wildman–Crippen LogP) is 2.53. The first-order chi connectivity index (χ1) is 7.72. The molecule has 17 heavy (non-hydrogen) atoms. The van der Waals surface area contributed by atoms with Crippen LogP contribution in [-0.2, 0) is 6.42 Å². The summed E-state index contributed by atoms with van der Waals surface area (Å²) in [5.41, 5.74) is 2.17. The van der Waals surface area contributed by atoms with Crippen LogP contribution in [0.25, 0.3) is 0 Å². The minimum atomic E-state index is -0.303. The number of carbonyl (C=O) groups is 1. The van der Waals surface area contributed by atoms with Crippen LogP contribution < -0.4 is 10.1 Å². The molecule has 1 heterocycles. The van der Waals surface area contributed by atoms with Gasteiger partial charge in [0.1, 0.15) is 5.75 Å². The van der Waals surface area contributed by atoms with Crippen LogP contribution in [0, 0.1) is 0 Å². The molecule has 1 N–H and O–H groups in total. The number of carbonyl (C=O) groups excluding carboxylic acids is 1. The SMILES string of the molecule is CCN(C)C(=O)Oc1cccc2c1CCN2.Cl. The molecule has 0 atom stereocenters. The number of hydrogen-bond acceptors (Lipinski definition) is 3. The van der Waals surface area contributed by atoms with E-state index in [0.29, 0.717) is 12.3 Å². The normalized spacial score (nSPS) is 12.1. The zero-order chi connectivity index (χ0) is 11.5. The Bertz CT molecular complexity index is 409. The number of amides is 1. The van der Waals surface area contributed by atoms with E-state index in [4.69, 9.17) is 4.74 Å². The summed E-state index contributed by atoms with van der Waals surface area (Å²) in [6.07, 6.45) is 0.608. The quantitative estimate of drug-likeness (QED) is 0.884. The van der Waals surface area contributed by atoms with Gasteiger partial charge in [-0.3, -0.25) is 0 Å². The molecule has 1 amide bonds. The van der Waals surface area contributed by atoms with Crippen LogP contribution in [0.4, 0.5) is 10.5 Å². The van der Waals surface area contributed by atoms with E-state index in [1.165, 1.54) is 0 Å². The molecule has 5 heteroatoms. The smallest absolute Gasteiger partial charge is 0.410 e. The number of ether oxygens (including phenoxy) is 1. The summed E-state index contributed by atoms with van der Waals surface area (Å²) in [5, 5.41) is 3.25. The van der Waals surface area contributed by atoms with Crippen molar-refractivity contribution in [3.63, 3.8) is 0 Å². The molecule has 1 aliphatic rings. The maximum absolute atomic E-state index is 11.6. The molecule has 0 saturated carbocycles. The van der Waals surface area contributed by atoms with Crippen molar-refractivity contribution in [3.05, 3.63) is 23.8 Å². The molecule has 0 saturated heterocycles. The summed E-state index contributed by atoms with van der Waals surface area (Å²) in [6.45, 7) is 3.47. The average Bonchev–Trinajstić information content (AvgIpc) is 2.77. The number of rotatable bonds is 2. The highest BCUT2D eigenvalue weighted by molar-refractivity contribution is 5.85. The van der Waals surface area contributed by atoms with Crippen LogP contribution in [0.15, 0.2) is 18.2 Å². The van der Waals surface area contributed by atoms with Crippen LogP contribution in [-0.4, -0.2) is 31.1 Å². The first kappa shape index (κ1) is 13.6. The fourth-order valence-corrected chi connectivity index (χ4v) is 1.71. The number of fused-ring (bicyclic) bond motifs is 1. The fourth-order valence-electron chi connectivity index (χ4n) is 1.71. The van der Waals surface area contributed by atoms with Crippen LogP contribution >= 0.6 is 12.4 Å². The molecule has 0 bridgehead atoms. The van der Waals surface area contributed by atoms with Gasteiger partial charge in [-0.05, 0) is 25.5 Å². The lowest BCUT2D eigenvalue weighted by Crippen LogP contribution is -2.29. The Kier molecular flexibility index (Phi) is 4.63. The molecule has 1 aliphatic heterocycles. The minimum absolute atomic E-state index is 0. The number of nitrogens with zero attached hydrogens (tertiary/aromatic N) is 1. The van der Waals surface area contributed by atoms with Crippen LogP contribution in [0.1, 0.15) is 12.5 Å². The van der Waals surface area contributed by atoms with Gasteiger partial charge in [-0.25, -0.2) is 4.79 Å². The molecule has 2 rings (SSSR count). The second kappa shape index (κ2) is 5.77. The third kappa shape index (κ3) is 2.82. The topological polar surface area (TPSA) is 41.6 Å². The Hall–Kier alpha value is -1.42. The Balaban J connectivity index is 0.00000144. The van der Waals surface area contributed by atoms with Crippen molar-refractivity contribution in [2.45, 2.75) is 13.3 Å². The molecule has 0 spiro atoms. The third-order valence-electron chi connectivity index (χ3n) is 2.81. The minimum Gasteiger partial charge on any atom is -0.410 e. The van der Waals surface area contributed by atoms with E-state index < -0.39 is 0 Å². The van der Waals surface area contributed by atoms with Gasteiger partial charge in [-0.15, -0.1) is 12.4 Å². The standard InChI is InChI=1S/C12H16N2O2.ClH/c1-3-14(2)12(15)16-11-6-4-5-10-9(11)7-8-13-10;/h4-6,13H,3,7-8H2,1-2H3;1H. The van der Waals surface area contributed by atoms with E-state index in [0.717, 1.165) is 24.2 Å². The molecule has 0 aromatic heterocycles. The number of anilines is 1. The van der Waals surface area contributed by atoms with E-state index in [-0.39, 0.29) is 18.5 Å². The van der Waals surface area contributed by atoms with Crippen molar-refractivity contribution in [1.29, 1.82) is 0 Å². The summed E-state index contributed by atoms with van der Waals surface area (Å²) < 4.78 is 5.36. The van der Waals surface area contributed by atoms with E-state index in [9.17, 15) is 4.79 Å². The van der Waals surface area contributed by atoms with E-state index in [1.54, 1.807) is 11.9 Å². The van der Waals surface area contributed by atoms with Gasteiger partial charge in [0.2, 0.25) is 0 Å². The second-order valence-electron chi connectivity index (χ2n) is 3.84. The summed E-state index contributed by atoms with van der Waals surface area (Å²) in [5.74, 6) is 0.674. The lowest BCUT2D eigenvalue weighted by atomic mass is 10.1.